The fourth-order valence-corrected chi connectivity index (χ4v) is 5.68. The smallest absolute Gasteiger partial charge is 0.268 e. The summed E-state index contributed by atoms with van der Waals surface area (Å²) in [6, 6.07) is 13.0. The van der Waals surface area contributed by atoms with Gasteiger partial charge in [-0.2, -0.15) is 0 Å². The molecule has 3 heterocycles. The lowest BCUT2D eigenvalue weighted by Crippen LogP contribution is -2.53. The van der Waals surface area contributed by atoms with Gasteiger partial charge in [-0.25, -0.2) is 0 Å². The van der Waals surface area contributed by atoms with Crippen molar-refractivity contribution >= 4 is 40.2 Å². The first kappa shape index (κ1) is 24.5. The van der Waals surface area contributed by atoms with E-state index in [1.54, 1.807) is 12.1 Å². The van der Waals surface area contributed by atoms with E-state index in [1.807, 2.05) is 57.2 Å². The summed E-state index contributed by atoms with van der Waals surface area (Å²) in [4.78, 5) is 57.3. The van der Waals surface area contributed by atoms with Gasteiger partial charge < -0.3 is 26.3 Å². The zero-order valence-corrected chi connectivity index (χ0v) is 21.1. The number of likely N-dealkylation sites (tertiary alicyclic amines) is 1. The summed E-state index contributed by atoms with van der Waals surface area (Å²) in [5.74, 6) is -1.69. The van der Waals surface area contributed by atoms with Crippen LogP contribution in [0, 0.1) is 12.8 Å². The molecule has 0 bridgehead atoms. The Bertz CT molecular complexity index is 1430. The van der Waals surface area contributed by atoms with E-state index in [0.29, 0.717) is 17.8 Å². The first-order chi connectivity index (χ1) is 17.6. The molecule has 2 aromatic carbocycles. The van der Waals surface area contributed by atoms with Crippen LogP contribution in [0.15, 0.2) is 48.5 Å². The molecule has 1 saturated heterocycles. The average molecular weight is 502 g/mol. The van der Waals surface area contributed by atoms with Crippen molar-refractivity contribution in [1.29, 1.82) is 0 Å². The maximum Gasteiger partial charge on any atom is 0.268 e. The summed E-state index contributed by atoms with van der Waals surface area (Å²) in [5, 5.41) is 6.69. The Balaban J connectivity index is 1.44. The molecule has 1 fully saturated rings. The summed E-state index contributed by atoms with van der Waals surface area (Å²) in [7, 11) is 0. The number of fused-ring (bicyclic) bond motifs is 3. The number of nitrogens with two attached hydrogens (primary N) is 1. The highest BCUT2D eigenvalue weighted by Gasteiger charge is 2.57. The van der Waals surface area contributed by atoms with E-state index in [2.05, 4.69) is 15.6 Å². The number of rotatable bonds is 6. The number of benzene rings is 2. The molecular weight excluding hydrogens is 470 g/mol. The third-order valence-electron chi connectivity index (χ3n) is 7.53. The van der Waals surface area contributed by atoms with E-state index in [0.717, 1.165) is 22.0 Å². The molecule has 4 amide bonds. The minimum Gasteiger partial charge on any atom is -0.368 e. The number of nitrogens with one attached hydrogen (secondary N) is 3. The molecule has 3 aromatic rings. The summed E-state index contributed by atoms with van der Waals surface area (Å²) in [6.45, 7) is 5.89. The molecule has 2 aliphatic rings. The third kappa shape index (κ3) is 4.14. The lowest BCUT2D eigenvalue weighted by atomic mass is 9.79. The predicted molar refractivity (Wildman–Crippen MR) is 140 cm³/mol. The van der Waals surface area contributed by atoms with E-state index in [9.17, 15) is 19.2 Å². The molecule has 9 nitrogen and oxygen atoms in total. The number of primary amides is 1. The van der Waals surface area contributed by atoms with Gasteiger partial charge >= 0.3 is 0 Å². The minimum absolute atomic E-state index is 0.0122. The standard InChI is InChI=1S/C28H31N5O4/c1-15(2)11-22(31-25(35)21-12-17-16(3)7-6-10-19(17)30-21)26(36)33-14-28(13-23(33)24(29)34)18-8-4-5-9-20(18)32-27(28)37/h4-10,12,15,22-23,30H,11,13-14H2,1-3H3,(H2,29,34)(H,31,35)(H,32,37)/t22?,23-,28-/m0/s1. The maximum atomic E-state index is 13.9. The van der Waals surface area contributed by atoms with Gasteiger partial charge in [0.25, 0.3) is 5.91 Å². The molecule has 5 N–H and O–H groups in total. The van der Waals surface area contributed by atoms with Crippen LogP contribution in [0.3, 0.4) is 0 Å². The summed E-state index contributed by atoms with van der Waals surface area (Å²) >= 11 is 0. The quantitative estimate of drug-likeness (QED) is 0.413. The molecule has 9 heteroatoms. The van der Waals surface area contributed by atoms with E-state index in [4.69, 9.17) is 5.73 Å². The Morgan fingerprint density at radius 3 is 2.62 bits per heavy atom. The first-order valence-corrected chi connectivity index (χ1v) is 12.5. The van der Waals surface area contributed by atoms with Gasteiger partial charge in [0, 0.05) is 23.1 Å². The van der Waals surface area contributed by atoms with Crippen molar-refractivity contribution in [2.45, 2.75) is 51.1 Å². The number of carbonyl (C=O) groups is 4. The van der Waals surface area contributed by atoms with E-state index >= 15 is 0 Å². The number of carbonyl (C=O) groups excluding carboxylic acids is 4. The highest BCUT2D eigenvalue weighted by Crippen LogP contribution is 2.46. The topological polar surface area (TPSA) is 137 Å². The fraction of sp³-hybridized carbons (Fsp3) is 0.357. The number of hydrogen-bond acceptors (Lipinski definition) is 4. The lowest BCUT2D eigenvalue weighted by molar-refractivity contribution is -0.139. The molecule has 192 valence electrons. The number of amides is 4. The SMILES string of the molecule is Cc1cccc2[nH]c(C(=O)NC(CC(C)C)C(=O)N3C[C@]4(C[C@H]3C(N)=O)C(=O)Nc3ccccc34)cc12. The van der Waals surface area contributed by atoms with Gasteiger partial charge in [0.05, 0.1) is 5.41 Å². The van der Waals surface area contributed by atoms with Gasteiger partial charge in [-0.05, 0) is 55.0 Å². The van der Waals surface area contributed by atoms with Crippen molar-refractivity contribution < 1.29 is 19.2 Å². The normalized spacial score (nSPS) is 21.4. The Morgan fingerprint density at radius 1 is 1.16 bits per heavy atom. The second-order valence-electron chi connectivity index (χ2n) is 10.5. The zero-order valence-electron chi connectivity index (χ0n) is 21.1. The van der Waals surface area contributed by atoms with Gasteiger partial charge in [0.2, 0.25) is 17.7 Å². The Labute approximate surface area is 214 Å². The van der Waals surface area contributed by atoms with Crippen molar-refractivity contribution in [2.24, 2.45) is 11.7 Å². The highest BCUT2D eigenvalue weighted by atomic mass is 16.2. The van der Waals surface area contributed by atoms with Crippen molar-refractivity contribution in [3.63, 3.8) is 0 Å². The molecule has 3 atom stereocenters. The van der Waals surface area contributed by atoms with Crippen LogP contribution >= 0.6 is 0 Å². The lowest BCUT2D eigenvalue weighted by Gasteiger charge is -2.29. The van der Waals surface area contributed by atoms with E-state index < -0.39 is 35.2 Å². The Morgan fingerprint density at radius 2 is 1.92 bits per heavy atom. The maximum absolute atomic E-state index is 13.9. The summed E-state index contributed by atoms with van der Waals surface area (Å²) in [5.41, 5.74) is 8.31. The van der Waals surface area contributed by atoms with Crippen LogP contribution < -0.4 is 16.4 Å². The molecule has 37 heavy (non-hydrogen) atoms. The number of aryl methyl sites for hydroxylation is 1. The number of aromatic amines is 1. The van der Waals surface area contributed by atoms with E-state index in [1.165, 1.54) is 4.90 Å². The molecule has 0 saturated carbocycles. The van der Waals surface area contributed by atoms with Gasteiger partial charge in [0.1, 0.15) is 17.8 Å². The van der Waals surface area contributed by atoms with Crippen LogP contribution in [-0.2, 0) is 19.8 Å². The summed E-state index contributed by atoms with van der Waals surface area (Å²) in [6.07, 6.45) is 0.460. The predicted octanol–water partition coefficient (Wildman–Crippen LogP) is 2.60. The van der Waals surface area contributed by atoms with Gasteiger partial charge in [-0.3, -0.25) is 19.2 Å². The number of nitrogens with zero attached hydrogens (tertiary/aromatic N) is 1. The van der Waals surface area contributed by atoms with Gasteiger partial charge in [-0.15, -0.1) is 0 Å². The third-order valence-corrected chi connectivity index (χ3v) is 7.53. The molecule has 0 aliphatic carbocycles. The van der Waals surface area contributed by atoms with Crippen LogP contribution in [0.1, 0.15) is 48.3 Å². The first-order valence-electron chi connectivity index (χ1n) is 12.5. The Hall–Kier alpha value is -4.14. The molecular formula is C28H31N5O4. The molecule has 1 aromatic heterocycles. The summed E-state index contributed by atoms with van der Waals surface area (Å²) < 4.78 is 0. The Kier molecular flexibility index (Phi) is 6.01. The van der Waals surface area contributed by atoms with Crippen LogP contribution in [0.2, 0.25) is 0 Å². The molecule has 1 spiro atoms. The van der Waals surface area contributed by atoms with Crippen molar-refractivity contribution in [2.75, 3.05) is 11.9 Å². The van der Waals surface area contributed by atoms with Gasteiger partial charge in [0.15, 0.2) is 0 Å². The van der Waals surface area contributed by atoms with Crippen LogP contribution in [0.4, 0.5) is 5.69 Å². The molecule has 0 radical (unpaired) electrons. The number of hydrogen-bond donors (Lipinski definition) is 4. The van der Waals surface area contributed by atoms with Crippen LogP contribution in [0.5, 0.6) is 0 Å². The molecule has 1 unspecified atom stereocenters. The number of anilines is 1. The second-order valence-corrected chi connectivity index (χ2v) is 10.5. The zero-order chi connectivity index (χ0) is 26.5. The fourth-order valence-electron chi connectivity index (χ4n) is 5.68. The van der Waals surface area contributed by atoms with Crippen molar-refractivity contribution in [3.05, 3.63) is 65.4 Å². The van der Waals surface area contributed by atoms with Crippen molar-refractivity contribution in [1.82, 2.24) is 15.2 Å². The average Bonchev–Trinajstić information content (AvgIpc) is 3.54. The monoisotopic (exact) mass is 501 g/mol. The van der Waals surface area contributed by atoms with Crippen LogP contribution in [-0.4, -0.2) is 52.1 Å². The number of H-pyrrole nitrogens is 1. The van der Waals surface area contributed by atoms with Crippen LogP contribution in [0.25, 0.3) is 10.9 Å². The van der Waals surface area contributed by atoms with E-state index in [-0.39, 0.29) is 24.8 Å². The number of aromatic nitrogens is 1. The molecule has 5 rings (SSSR count). The van der Waals surface area contributed by atoms with Crippen molar-refractivity contribution in [3.8, 4) is 0 Å². The minimum atomic E-state index is -1.06. The highest BCUT2D eigenvalue weighted by molar-refractivity contribution is 6.08. The molecule has 2 aliphatic heterocycles. The largest absolute Gasteiger partial charge is 0.368 e. The number of para-hydroxylation sites is 1. The second kappa shape index (κ2) is 9.06. The van der Waals surface area contributed by atoms with Gasteiger partial charge in [-0.1, -0.05) is 44.2 Å².